The maximum atomic E-state index is 5.92. The highest BCUT2D eigenvalue weighted by atomic mass is 79.9. The second kappa shape index (κ2) is 5.98. The van der Waals surface area contributed by atoms with Crippen molar-refractivity contribution >= 4 is 38.9 Å². The zero-order valence-corrected chi connectivity index (χ0v) is 12.1. The van der Waals surface area contributed by atoms with E-state index in [4.69, 9.17) is 17.4 Å². The van der Waals surface area contributed by atoms with Crippen LogP contribution in [0.4, 0.5) is 0 Å². The maximum Gasteiger partial charge on any atom is 0.0931 e. The van der Waals surface area contributed by atoms with Crippen LogP contribution in [-0.4, -0.2) is 0 Å². The fourth-order valence-corrected chi connectivity index (χ4v) is 3.37. The molecule has 0 fully saturated rings. The summed E-state index contributed by atoms with van der Waals surface area (Å²) >= 11 is 11.0. The number of nitrogens with two attached hydrogens (primary N) is 1. The molecule has 2 nitrogen and oxygen atoms in total. The molecule has 1 aromatic heterocycles. The number of thiophene rings is 1. The van der Waals surface area contributed by atoms with Crippen LogP contribution in [0.15, 0.2) is 40.9 Å². The third kappa shape index (κ3) is 3.30. The van der Waals surface area contributed by atoms with Crippen molar-refractivity contribution in [1.29, 1.82) is 0 Å². The van der Waals surface area contributed by atoms with Crippen LogP contribution >= 0.6 is 38.9 Å². The van der Waals surface area contributed by atoms with Gasteiger partial charge < -0.3 is 0 Å². The van der Waals surface area contributed by atoms with Crippen molar-refractivity contribution in [3.8, 4) is 0 Å². The van der Waals surface area contributed by atoms with Gasteiger partial charge in [-0.2, -0.15) is 0 Å². The van der Waals surface area contributed by atoms with E-state index in [1.165, 1.54) is 4.88 Å². The summed E-state index contributed by atoms with van der Waals surface area (Å²) in [6.45, 7) is 0. The van der Waals surface area contributed by atoms with Crippen LogP contribution in [-0.2, 0) is 6.42 Å². The molecular weight excluding hydrogens is 320 g/mol. The molecule has 1 unspecified atom stereocenters. The second-order valence-electron chi connectivity index (χ2n) is 3.65. The van der Waals surface area contributed by atoms with Crippen molar-refractivity contribution < 1.29 is 0 Å². The van der Waals surface area contributed by atoms with Gasteiger partial charge in [0, 0.05) is 15.8 Å². The van der Waals surface area contributed by atoms with Gasteiger partial charge in [0.25, 0.3) is 0 Å². The lowest BCUT2D eigenvalue weighted by molar-refractivity contribution is 0.553. The summed E-state index contributed by atoms with van der Waals surface area (Å²) in [5.74, 6) is 5.63. The number of hydrogen-bond donors (Lipinski definition) is 2. The fourth-order valence-electron chi connectivity index (χ4n) is 1.68. The van der Waals surface area contributed by atoms with Gasteiger partial charge in [0.05, 0.1) is 10.4 Å². The standard InChI is InChI=1S/C12H12BrClN2S/c13-10-4-2-1-3-9(10)11(16-15)7-8-5-6-12(14)17-8/h1-6,11,16H,7,15H2. The van der Waals surface area contributed by atoms with Crippen LogP contribution in [0, 0.1) is 0 Å². The molecule has 1 aromatic carbocycles. The van der Waals surface area contributed by atoms with Crippen LogP contribution in [0.5, 0.6) is 0 Å². The monoisotopic (exact) mass is 330 g/mol. The Morgan fingerprint density at radius 3 is 2.65 bits per heavy atom. The van der Waals surface area contributed by atoms with E-state index in [2.05, 4.69) is 27.4 Å². The lowest BCUT2D eigenvalue weighted by Crippen LogP contribution is -2.29. The summed E-state index contributed by atoms with van der Waals surface area (Å²) in [5, 5.41) is 0. The molecule has 17 heavy (non-hydrogen) atoms. The van der Waals surface area contributed by atoms with E-state index in [1.807, 2.05) is 30.3 Å². The minimum absolute atomic E-state index is 0.0836. The molecule has 0 aliphatic carbocycles. The second-order valence-corrected chi connectivity index (χ2v) is 6.30. The summed E-state index contributed by atoms with van der Waals surface area (Å²) in [7, 11) is 0. The number of hydrogen-bond acceptors (Lipinski definition) is 3. The summed E-state index contributed by atoms with van der Waals surface area (Å²) in [6.07, 6.45) is 0.830. The molecule has 5 heteroatoms. The van der Waals surface area contributed by atoms with E-state index in [0.717, 1.165) is 20.8 Å². The minimum atomic E-state index is 0.0836. The van der Waals surface area contributed by atoms with Gasteiger partial charge >= 0.3 is 0 Å². The Bertz CT molecular complexity index is 501. The Balaban J connectivity index is 2.20. The molecule has 0 saturated heterocycles. The summed E-state index contributed by atoms with van der Waals surface area (Å²) in [5.41, 5.74) is 4.00. The lowest BCUT2D eigenvalue weighted by Gasteiger charge is -2.16. The van der Waals surface area contributed by atoms with Gasteiger partial charge in [-0.15, -0.1) is 11.3 Å². The normalized spacial score (nSPS) is 12.6. The first-order valence-corrected chi connectivity index (χ1v) is 7.14. The topological polar surface area (TPSA) is 38.0 Å². The number of nitrogens with one attached hydrogen (secondary N) is 1. The van der Waals surface area contributed by atoms with Gasteiger partial charge in [0.2, 0.25) is 0 Å². The number of rotatable bonds is 4. The Hall–Kier alpha value is -0.390. The average Bonchev–Trinajstić information content (AvgIpc) is 2.73. The van der Waals surface area contributed by atoms with Gasteiger partial charge in [-0.25, -0.2) is 0 Å². The van der Waals surface area contributed by atoms with Gasteiger partial charge in [-0.1, -0.05) is 45.7 Å². The fraction of sp³-hybridized carbons (Fsp3) is 0.167. The molecule has 1 heterocycles. The maximum absolute atomic E-state index is 5.92. The molecule has 0 spiro atoms. The Morgan fingerprint density at radius 2 is 2.06 bits per heavy atom. The Labute approximate surface area is 118 Å². The number of hydrazine groups is 1. The van der Waals surface area contributed by atoms with E-state index in [9.17, 15) is 0 Å². The molecule has 0 amide bonds. The van der Waals surface area contributed by atoms with E-state index in [0.29, 0.717) is 0 Å². The smallest absolute Gasteiger partial charge is 0.0931 e. The molecule has 0 saturated carbocycles. The molecule has 2 aromatic rings. The largest absolute Gasteiger partial charge is 0.271 e. The first kappa shape index (κ1) is 13.1. The van der Waals surface area contributed by atoms with Crippen LogP contribution in [0.1, 0.15) is 16.5 Å². The summed E-state index contributed by atoms with van der Waals surface area (Å²) in [6, 6.07) is 12.1. The Morgan fingerprint density at radius 1 is 1.29 bits per heavy atom. The van der Waals surface area contributed by atoms with Crippen LogP contribution in [0.3, 0.4) is 0 Å². The highest BCUT2D eigenvalue weighted by Crippen LogP contribution is 2.29. The predicted molar refractivity (Wildman–Crippen MR) is 77.2 cm³/mol. The first-order valence-electron chi connectivity index (χ1n) is 5.15. The number of halogens is 2. The van der Waals surface area contributed by atoms with Crippen molar-refractivity contribution in [1.82, 2.24) is 5.43 Å². The SMILES string of the molecule is NNC(Cc1ccc(Cl)s1)c1ccccc1Br. The zero-order valence-electron chi connectivity index (χ0n) is 8.99. The Kier molecular flexibility index (Phi) is 4.59. The molecule has 0 bridgehead atoms. The van der Waals surface area contributed by atoms with Crippen molar-refractivity contribution in [2.24, 2.45) is 5.84 Å². The zero-order chi connectivity index (χ0) is 12.3. The molecule has 3 N–H and O–H groups in total. The summed E-state index contributed by atoms with van der Waals surface area (Å²) in [4.78, 5) is 1.22. The molecular formula is C12H12BrClN2S. The van der Waals surface area contributed by atoms with E-state index < -0.39 is 0 Å². The lowest BCUT2D eigenvalue weighted by atomic mass is 10.0. The van der Waals surface area contributed by atoms with Gasteiger partial charge in [0.1, 0.15) is 0 Å². The third-order valence-corrected chi connectivity index (χ3v) is 4.49. The van der Waals surface area contributed by atoms with Crippen molar-refractivity contribution in [3.63, 3.8) is 0 Å². The van der Waals surface area contributed by atoms with Crippen molar-refractivity contribution in [3.05, 3.63) is 55.6 Å². The van der Waals surface area contributed by atoms with Crippen LogP contribution in [0.25, 0.3) is 0 Å². The highest BCUT2D eigenvalue weighted by molar-refractivity contribution is 9.10. The van der Waals surface area contributed by atoms with E-state index in [-0.39, 0.29) is 6.04 Å². The van der Waals surface area contributed by atoms with E-state index in [1.54, 1.807) is 11.3 Å². The number of benzene rings is 1. The minimum Gasteiger partial charge on any atom is -0.271 e. The summed E-state index contributed by atoms with van der Waals surface area (Å²) < 4.78 is 1.87. The van der Waals surface area contributed by atoms with E-state index >= 15 is 0 Å². The highest BCUT2D eigenvalue weighted by Gasteiger charge is 2.14. The van der Waals surface area contributed by atoms with Crippen LogP contribution < -0.4 is 11.3 Å². The van der Waals surface area contributed by atoms with Gasteiger partial charge in [-0.05, 0) is 23.8 Å². The molecule has 2 rings (SSSR count). The first-order chi connectivity index (χ1) is 8.20. The average molecular weight is 332 g/mol. The molecule has 0 radical (unpaired) electrons. The van der Waals surface area contributed by atoms with Crippen molar-refractivity contribution in [2.75, 3.05) is 0 Å². The van der Waals surface area contributed by atoms with Gasteiger partial charge in [-0.3, -0.25) is 11.3 Å². The quantitative estimate of drug-likeness (QED) is 0.658. The van der Waals surface area contributed by atoms with Crippen LogP contribution in [0.2, 0.25) is 4.34 Å². The molecule has 1 atom stereocenters. The molecule has 0 aliphatic heterocycles. The third-order valence-electron chi connectivity index (χ3n) is 2.52. The van der Waals surface area contributed by atoms with Gasteiger partial charge in [0.15, 0.2) is 0 Å². The molecule has 0 aliphatic rings. The predicted octanol–water partition coefficient (Wildman–Crippen LogP) is 3.91. The van der Waals surface area contributed by atoms with Crippen molar-refractivity contribution in [2.45, 2.75) is 12.5 Å². The molecule has 90 valence electrons.